The SMILES string of the molecule is CC(C)(C)NC(=O)C(Cc1ccccc1)N(Cc1ccccc1F)C(=O)CSCc1c(Cl)cccc1Cl. The number of hydrogen-bond acceptors (Lipinski definition) is 3. The molecule has 0 aliphatic rings. The van der Waals surface area contributed by atoms with E-state index in [0.717, 1.165) is 11.1 Å². The van der Waals surface area contributed by atoms with Gasteiger partial charge in [0.25, 0.3) is 0 Å². The fourth-order valence-electron chi connectivity index (χ4n) is 3.81. The third-order valence-corrected chi connectivity index (χ3v) is 7.25. The average molecular weight is 562 g/mol. The van der Waals surface area contributed by atoms with Crippen molar-refractivity contribution in [3.8, 4) is 0 Å². The van der Waals surface area contributed by atoms with E-state index in [4.69, 9.17) is 23.2 Å². The molecular formula is C29H31Cl2FN2O2S. The van der Waals surface area contributed by atoms with Crippen molar-refractivity contribution in [2.45, 2.75) is 51.1 Å². The first-order valence-electron chi connectivity index (χ1n) is 11.9. The van der Waals surface area contributed by atoms with Gasteiger partial charge in [0, 0.05) is 39.9 Å². The molecule has 4 nitrogen and oxygen atoms in total. The first-order chi connectivity index (χ1) is 17.5. The smallest absolute Gasteiger partial charge is 0.243 e. The van der Waals surface area contributed by atoms with Crippen molar-refractivity contribution in [2.24, 2.45) is 0 Å². The van der Waals surface area contributed by atoms with Gasteiger partial charge in [-0.2, -0.15) is 0 Å². The molecule has 0 spiro atoms. The number of carbonyl (C=O) groups is 2. The Morgan fingerprint density at radius 2 is 1.57 bits per heavy atom. The summed E-state index contributed by atoms with van der Waals surface area (Å²) in [7, 11) is 0. The van der Waals surface area contributed by atoms with Crippen LogP contribution in [-0.2, 0) is 28.3 Å². The first kappa shape index (κ1) is 29.0. The number of thioether (sulfide) groups is 1. The van der Waals surface area contributed by atoms with Crippen LogP contribution in [0.4, 0.5) is 4.39 Å². The monoisotopic (exact) mass is 560 g/mol. The number of nitrogens with zero attached hydrogens (tertiary/aromatic N) is 1. The van der Waals surface area contributed by atoms with Crippen molar-refractivity contribution >= 4 is 46.8 Å². The summed E-state index contributed by atoms with van der Waals surface area (Å²) in [5.41, 5.74) is 1.49. The molecule has 37 heavy (non-hydrogen) atoms. The van der Waals surface area contributed by atoms with E-state index in [1.807, 2.05) is 51.1 Å². The summed E-state index contributed by atoms with van der Waals surface area (Å²) in [5, 5.41) is 4.06. The van der Waals surface area contributed by atoms with E-state index < -0.39 is 17.4 Å². The highest BCUT2D eigenvalue weighted by atomic mass is 35.5. The molecule has 0 saturated heterocycles. The number of nitrogens with one attached hydrogen (secondary N) is 1. The van der Waals surface area contributed by atoms with E-state index in [0.29, 0.717) is 27.8 Å². The normalized spacial score (nSPS) is 12.2. The summed E-state index contributed by atoms with van der Waals surface area (Å²) >= 11 is 13.9. The van der Waals surface area contributed by atoms with Crippen LogP contribution in [0.5, 0.6) is 0 Å². The Morgan fingerprint density at radius 3 is 2.19 bits per heavy atom. The molecule has 0 saturated carbocycles. The Balaban J connectivity index is 1.90. The van der Waals surface area contributed by atoms with Crippen LogP contribution in [0.25, 0.3) is 0 Å². The van der Waals surface area contributed by atoms with Gasteiger partial charge in [0.2, 0.25) is 11.8 Å². The number of amides is 2. The minimum atomic E-state index is -0.835. The maximum Gasteiger partial charge on any atom is 0.243 e. The Bertz CT molecular complexity index is 1200. The molecule has 1 atom stereocenters. The van der Waals surface area contributed by atoms with Gasteiger partial charge < -0.3 is 10.2 Å². The van der Waals surface area contributed by atoms with Crippen molar-refractivity contribution in [3.05, 3.63) is 105 Å². The van der Waals surface area contributed by atoms with Crippen molar-refractivity contribution < 1.29 is 14.0 Å². The average Bonchev–Trinajstić information content (AvgIpc) is 2.83. The first-order valence-corrected chi connectivity index (χ1v) is 13.9. The Kier molecular flexibility index (Phi) is 10.4. The van der Waals surface area contributed by atoms with Crippen LogP contribution in [-0.4, -0.2) is 34.0 Å². The van der Waals surface area contributed by atoms with E-state index in [1.165, 1.54) is 22.7 Å². The van der Waals surface area contributed by atoms with Gasteiger partial charge in [-0.15, -0.1) is 11.8 Å². The minimum absolute atomic E-state index is 0.0338. The van der Waals surface area contributed by atoms with Gasteiger partial charge in [-0.1, -0.05) is 77.8 Å². The molecule has 8 heteroatoms. The highest BCUT2D eigenvalue weighted by molar-refractivity contribution is 7.99. The van der Waals surface area contributed by atoms with Crippen LogP contribution >= 0.6 is 35.0 Å². The van der Waals surface area contributed by atoms with Crippen LogP contribution in [0.15, 0.2) is 72.8 Å². The zero-order valence-corrected chi connectivity index (χ0v) is 23.5. The molecule has 3 rings (SSSR count). The lowest BCUT2D eigenvalue weighted by Gasteiger charge is -2.34. The van der Waals surface area contributed by atoms with Crippen LogP contribution in [0, 0.1) is 5.82 Å². The summed E-state index contributed by atoms with van der Waals surface area (Å²) in [4.78, 5) is 28.7. The Morgan fingerprint density at radius 1 is 0.946 bits per heavy atom. The standard InChI is InChI=1S/C29H31Cl2FN2O2S/c1-29(2,3)33-28(36)26(16-20-10-5-4-6-11-20)34(17-21-12-7-8-15-25(21)32)27(35)19-37-18-22-23(30)13-9-14-24(22)31/h4-15,26H,16-19H2,1-3H3,(H,33,36). The van der Waals surface area contributed by atoms with Gasteiger partial charge in [-0.3, -0.25) is 9.59 Å². The topological polar surface area (TPSA) is 49.4 Å². The van der Waals surface area contributed by atoms with Gasteiger partial charge in [-0.05, 0) is 50.1 Å². The van der Waals surface area contributed by atoms with Crippen molar-refractivity contribution in [2.75, 3.05) is 5.75 Å². The number of benzene rings is 3. The lowest BCUT2D eigenvalue weighted by atomic mass is 10.0. The molecule has 0 fully saturated rings. The number of rotatable bonds is 10. The molecule has 3 aromatic rings. The Labute approximate surface area is 232 Å². The summed E-state index contributed by atoms with van der Waals surface area (Å²) in [6, 6.07) is 20.2. The zero-order valence-electron chi connectivity index (χ0n) is 21.1. The van der Waals surface area contributed by atoms with Crippen LogP contribution in [0.1, 0.15) is 37.5 Å². The fraction of sp³-hybridized carbons (Fsp3) is 0.310. The zero-order chi connectivity index (χ0) is 27.0. The molecular weight excluding hydrogens is 530 g/mol. The van der Waals surface area contributed by atoms with E-state index >= 15 is 0 Å². The molecule has 0 aliphatic heterocycles. The van der Waals surface area contributed by atoms with Gasteiger partial charge in [-0.25, -0.2) is 4.39 Å². The second kappa shape index (κ2) is 13.3. The molecule has 0 bridgehead atoms. The highest BCUT2D eigenvalue weighted by Crippen LogP contribution is 2.29. The minimum Gasteiger partial charge on any atom is -0.350 e. The number of carbonyl (C=O) groups excluding carboxylic acids is 2. The predicted molar refractivity (Wildman–Crippen MR) is 151 cm³/mol. The number of hydrogen-bond donors (Lipinski definition) is 1. The van der Waals surface area contributed by atoms with Crippen molar-refractivity contribution in [1.29, 1.82) is 0 Å². The van der Waals surface area contributed by atoms with Gasteiger partial charge in [0.1, 0.15) is 11.9 Å². The third kappa shape index (κ3) is 8.77. The van der Waals surface area contributed by atoms with Gasteiger partial charge in [0.05, 0.1) is 5.75 Å². The van der Waals surface area contributed by atoms with E-state index in [-0.39, 0.29) is 24.1 Å². The van der Waals surface area contributed by atoms with Crippen LogP contribution in [0.3, 0.4) is 0 Å². The summed E-state index contributed by atoms with van der Waals surface area (Å²) in [6.45, 7) is 5.62. The third-order valence-electron chi connectivity index (χ3n) is 5.60. The molecule has 196 valence electrons. The van der Waals surface area contributed by atoms with Crippen LogP contribution in [0.2, 0.25) is 10.0 Å². The molecule has 0 aromatic heterocycles. The maximum atomic E-state index is 14.7. The van der Waals surface area contributed by atoms with Crippen molar-refractivity contribution in [3.63, 3.8) is 0 Å². The Hall–Kier alpha value is -2.54. The molecule has 1 N–H and O–H groups in total. The van der Waals surface area contributed by atoms with Gasteiger partial charge in [0.15, 0.2) is 0 Å². The second-order valence-corrected chi connectivity index (χ2v) is 11.6. The molecule has 0 aliphatic carbocycles. The molecule has 0 radical (unpaired) electrons. The number of halogens is 3. The molecule has 3 aromatic carbocycles. The summed E-state index contributed by atoms with van der Waals surface area (Å²) in [5.74, 6) is -0.494. The fourth-order valence-corrected chi connectivity index (χ4v) is 5.46. The second-order valence-electron chi connectivity index (χ2n) is 9.75. The highest BCUT2D eigenvalue weighted by Gasteiger charge is 2.32. The predicted octanol–water partition coefficient (Wildman–Crippen LogP) is 6.92. The molecule has 0 heterocycles. The lowest BCUT2D eigenvalue weighted by molar-refractivity contribution is -0.140. The van der Waals surface area contributed by atoms with Crippen molar-refractivity contribution in [1.82, 2.24) is 10.2 Å². The summed E-state index contributed by atoms with van der Waals surface area (Å²) < 4.78 is 14.7. The van der Waals surface area contributed by atoms with E-state index in [1.54, 1.807) is 36.4 Å². The summed E-state index contributed by atoms with van der Waals surface area (Å²) in [6.07, 6.45) is 0.296. The maximum absolute atomic E-state index is 14.7. The van der Waals surface area contributed by atoms with E-state index in [9.17, 15) is 14.0 Å². The lowest BCUT2D eigenvalue weighted by Crippen LogP contribution is -2.54. The molecule has 1 unspecified atom stereocenters. The van der Waals surface area contributed by atoms with Gasteiger partial charge >= 0.3 is 0 Å². The van der Waals surface area contributed by atoms with Crippen LogP contribution < -0.4 is 5.32 Å². The largest absolute Gasteiger partial charge is 0.350 e. The van der Waals surface area contributed by atoms with E-state index in [2.05, 4.69) is 5.32 Å². The molecule has 2 amide bonds. The quantitative estimate of drug-likeness (QED) is 0.292.